The largest absolute Gasteiger partial charge is 0.348 e. The SMILES string of the molecule is C[C@]1(CNC(=O)c2ncn([C@@H]3CCCNC3)n2)CCCS1. The molecule has 2 N–H and O–H groups in total. The predicted molar refractivity (Wildman–Crippen MR) is 83.6 cm³/mol. The molecule has 2 saturated heterocycles. The number of hydrogen-bond acceptors (Lipinski definition) is 5. The van der Waals surface area contributed by atoms with Crippen LogP contribution in [0.15, 0.2) is 6.33 Å². The van der Waals surface area contributed by atoms with Gasteiger partial charge in [0.05, 0.1) is 6.04 Å². The molecule has 3 heterocycles. The Morgan fingerprint density at radius 3 is 3.24 bits per heavy atom. The summed E-state index contributed by atoms with van der Waals surface area (Å²) in [6, 6.07) is 0.315. The standard InChI is InChI=1S/C14H23N5OS/c1-14(5-3-7-21-14)9-16-13(20)12-17-10-19(18-12)11-4-2-6-15-8-11/h10-11,15H,2-9H2,1H3,(H,16,20)/t11-,14-/m1/s1. The van der Waals surface area contributed by atoms with Crippen LogP contribution in [0, 0.1) is 0 Å². The number of thioether (sulfide) groups is 1. The van der Waals surface area contributed by atoms with Gasteiger partial charge in [-0.1, -0.05) is 0 Å². The Morgan fingerprint density at radius 2 is 2.52 bits per heavy atom. The molecule has 2 fully saturated rings. The molecule has 6 nitrogen and oxygen atoms in total. The average Bonchev–Trinajstić information content (AvgIpc) is 3.16. The van der Waals surface area contributed by atoms with Crippen molar-refractivity contribution >= 4 is 17.7 Å². The number of aromatic nitrogens is 3. The highest BCUT2D eigenvalue weighted by molar-refractivity contribution is 8.00. The Morgan fingerprint density at radius 1 is 1.62 bits per heavy atom. The van der Waals surface area contributed by atoms with E-state index in [4.69, 9.17) is 0 Å². The molecule has 2 aliphatic heterocycles. The Hall–Kier alpha value is -1.08. The summed E-state index contributed by atoms with van der Waals surface area (Å²) in [6.07, 6.45) is 6.30. The van der Waals surface area contributed by atoms with Gasteiger partial charge in [-0.05, 0) is 44.9 Å². The molecule has 0 aromatic carbocycles. The zero-order chi connectivity index (χ0) is 14.7. The Kier molecular flexibility index (Phi) is 4.49. The van der Waals surface area contributed by atoms with Gasteiger partial charge in [-0.15, -0.1) is 5.10 Å². The second-order valence-electron chi connectivity index (χ2n) is 6.13. The molecule has 0 spiro atoms. The van der Waals surface area contributed by atoms with E-state index in [1.54, 1.807) is 6.33 Å². The molecule has 1 amide bonds. The minimum absolute atomic E-state index is 0.161. The Bertz CT molecular complexity index is 491. The van der Waals surface area contributed by atoms with E-state index in [-0.39, 0.29) is 16.5 Å². The first-order valence-corrected chi connectivity index (χ1v) is 8.69. The summed E-state index contributed by atoms with van der Waals surface area (Å²) in [6.45, 7) is 4.87. The topological polar surface area (TPSA) is 71.8 Å². The van der Waals surface area contributed by atoms with Crippen LogP contribution in [-0.4, -0.2) is 50.8 Å². The fraction of sp³-hybridized carbons (Fsp3) is 0.786. The smallest absolute Gasteiger partial charge is 0.291 e. The summed E-state index contributed by atoms with van der Waals surface area (Å²) in [7, 11) is 0. The van der Waals surface area contributed by atoms with Crippen molar-refractivity contribution in [2.45, 2.75) is 43.4 Å². The van der Waals surface area contributed by atoms with E-state index < -0.39 is 0 Å². The molecule has 1 aromatic heterocycles. The third kappa shape index (κ3) is 3.58. The van der Waals surface area contributed by atoms with E-state index in [2.05, 4.69) is 27.6 Å². The van der Waals surface area contributed by atoms with Gasteiger partial charge in [-0.3, -0.25) is 4.79 Å². The van der Waals surface area contributed by atoms with Crippen LogP contribution in [0.4, 0.5) is 0 Å². The zero-order valence-electron chi connectivity index (χ0n) is 12.5. The Balaban J connectivity index is 1.56. The summed E-state index contributed by atoms with van der Waals surface area (Å²) in [5.74, 6) is 1.31. The minimum atomic E-state index is -0.161. The zero-order valence-corrected chi connectivity index (χ0v) is 13.3. The molecule has 2 aliphatic rings. The van der Waals surface area contributed by atoms with Gasteiger partial charge in [0.15, 0.2) is 0 Å². The van der Waals surface area contributed by atoms with E-state index >= 15 is 0 Å². The molecular formula is C14H23N5OS. The van der Waals surface area contributed by atoms with Gasteiger partial charge in [0.25, 0.3) is 5.91 Å². The first kappa shape index (κ1) is 14.8. The molecule has 0 radical (unpaired) electrons. The number of piperidine rings is 1. The third-order valence-electron chi connectivity index (χ3n) is 4.28. The molecule has 21 heavy (non-hydrogen) atoms. The maximum absolute atomic E-state index is 12.2. The maximum atomic E-state index is 12.2. The van der Waals surface area contributed by atoms with Gasteiger partial charge < -0.3 is 10.6 Å². The molecule has 0 bridgehead atoms. The average molecular weight is 309 g/mol. The van der Waals surface area contributed by atoms with Crippen LogP contribution in [-0.2, 0) is 0 Å². The van der Waals surface area contributed by atoms with Gasteiger partial charge in [0.1, 0.15) is 6.33 Å². The van der Waals surface area contributed by atoms with Crippen molar-refractivity contribution in [3.63, 3.8) is 0 Å². The van der Waals surface area contributed by atoms with Gasteiger partial charge >= 0.3 is 0 Å². The predicted octanol–water partition coefficient (Wildman–Crippen LogP) is 1.22. The van der Waals surface area contributed by atoms with Crippen LogP contribution < -0.4 is 10.6 Å². The normalized spacial score (nSPS) is 29.5. The van der Waals surface area contributed by atoms with Crippen molar-refractivity contribution in [3.05, 3.63) is 12.2 Å². The first-order valence-electron chi connectivity index (χ1n) is 7.70. The summed E-state index contributed by atoms with van der Waals surface area (Å²) < 4.78 is 2.00. The Labute approximate surface area is 129 Å². The highest BCUT2D eigenvalue weighted by Gasteiger charge is 2.30. The molecule has 116 valence electrons. The number of carbonyl (C=O) groups is 1. The molecule has 7 heteroatoms. The van der Waals surface area contributed by atoms with Crippen molar-refractivity contribution in [1.82, 2.24) is 25.4 Å². The highest BCUT2D eigenvalue weighted by atomic mass is 32.2. The van der Waals surface area contributed by atoms with Crippen LogP contribution in [0.2, 0.25) is 0 Å². The van der Waals surface area contributed by atoms with Crippen LogP contribution in [0.1, 0.15) is 49.3 Å². The number of nitrogens with one attached hydrogen (secondary N) is 2. The second-order valence-corrected chi connectivity index (χ2v) is 7.82. The molecule has 2 atom stereocenters. The van der Waals surface area contributed by atoms with Gasteiger partial charge in [-0.2, -0.15) is 11.8 Å². The van der Waals surface area contributed by atoms with Crippen molar-refractivity contribution < 1.29 is 4.79 Å². The fourth-order valence-corrected chi connectivity index (χ4v) is 4.18. The third-order valence-corrected chi connectivity index (χ3v) is 5.82. The lowest BCUT2D eigenvalue weighted by atomic mass is 10.1. The minimum Gasteiger partial charge on any atom is -0.348 e. The monoisotopic (exact) mass is 309 g/mol. The van der Waals surface area contributed by atoms with E-state index in [0.29, 0.717) is 12.6 Å². The fourth-order valence-electron chi connectivity index (χ4n) is 2.94. The molecule has 0 aliphatic carbocycles. The van der Waals surface area contributed by atoms with Gasteiger partial charge in [-0.25, -0.2) is 9.67 Å². The summed E-state index contributed by atoms with van der Waals surface area (Å²) in [4.78, 5) is 16.3. The number of carbonyl (C=O) groups excluding carboxylic acids is 1. The van der Waals surface area contributed by atoms with Crippen LogP contribution in [0.25, 0.3) is 0 Å². The highest BCUT2D eigenvalue weighted by Crippen LogP contribution is 2.36. The van der Waals surface area contributed by atoms with E-state index in [0.717, 1.165) is 32.4 Å². The summed E-state index contributed by atoms with van der Waals surface area (Å²) in [5, 5.41) is 10.7. The second kappa shape index (κ2) is 6.36. The lowest BCUT2D eigenvalue weighted by Crippen LogP contribution is -2.37. The number of nitrogens with zero attached hydrogens (tertiary/aromatic N) is 3. The molecule has 0 saturated carbocycles. The number of amides is 1. The van der Waals surface area contributed by atoms with Crippen molar-refractivity contribution in [3.8, 4) is 0 Å². The molecule has 0 unspecified atom stereocenters. The van der Waals surface area contributed by atoms with Crippen LogP contribution in [0.5, 0.6) is 0 Å². The van der Waals surface area contributed by atoms with Crippen molar-refractivity contribution in [2.75, 3.05) is 25.4 Å². The van der Waals surface area contributed by atoms with E-state index in [1.807, 2.05) is 16.4 Å². The van der Waals surface area contributed by atoms with Crippen molar-refractivity contribution in [1.29, 1.82) is 0 Å². The number of hydrogen-bond donors (Lipinski definition) is 2. The van der Waals surface area contributed by atoms with Gasteiger partial charge in [0.2, 0.25) is 5.82 Å². The van der Waals surface area contributed by atoms with Crippen LogP contribution in [0.3, 0.4) is 0 Å². The van der Waals surface area contributed by atoms with Crippen molar-refractivity contribution in [2.24, 2.45) is 0 Å². The lowest BCUT2D eigenvalue weighted by molar-refractivity contribution is 0.0939. The van der Waals surface area contributed by atoms with E-state index in [9.17, 15) is 4.79 Å². The quantitative estimate of drug-likeness (QED) is 0.875. The lowest BCUT2D eigenvalue weighted by Gasteiger charge is -2.22. The maximum Gasteiger partial charge on any atom is 0.291 e. The van der Waals surface area contributed by atoms with Crippen LogP contribution >= 0.6 is 11.8 Å². The number of rotatable bonds is 4. The molecule has 1 aromatic rings. The molecular weight excluding hydrogens is 286 g/mol. The molecule has 3 rings (SSSR count). The van der Waals surface area contributed by atoms with Gasteiger partial charge in [0, 0.05) is 17.8 Å². The first-order chi connectivity index (χ1) is 10.2. The summed E-state index contributed by atoms with van der Waals surface area (Å²) >= 11 is 1.94. The van der Waals surface area contributed by atoms with E-state index in [1.165, 1.54) is 12.2 Å². The summed E-state index contributed by atoms with van der Waals surface area (Å²) in [5.41, 5.74) is 0.